The molecule has 106 valence electrons. The Kier molecular flexibility index (Phi) is 3.62. The quantitative estimate of drug-likeness (QED) is 0.721. The molecule has 0 amide bonds. The summed E-state index contributed by atoms with van der Waals surface area (Å²) in [6, 6.07) is 14.3. The van der Waals surface area contributed by atoms with Gasteiger partial charge in [0.05, 0.1) is 6.04 Å². The summed E-state index contributed by atoms with van der Waals surface area (Å²) in [5.74, 6) is -1.78. The molecule has 0 aromatic heterocycles. The molecule has 1 nitrogen and oxygen atoms in total. The van der Waals surface area contributed by atoms with Gasteiger partial charge < -0.3 is 5.73 Å². The third kappa shape index (κ3) is 2.50. The highest BCUT2D eigenvalue weighted by Gasteiger charge is 2.15. The molecule has 3 aromatic carbocycles. The lowest BCUT2D eigenvalue weighted by Crippen LogP contribution is -2.13. The zero-order valence-corrected chi connectivity index (χ0v) is 11.7. The number of fused-ring (bicyclic) bond motifs is 1. The standard InChI is InChI=1S/C17H12ClF2N/c18-14-7-6-13(11-3-1-2-4-12(11)14)17(21)10-5-8-15(19)16(20)9-10/h1-9,17H,21H2. The van der Waals surface area contributed by atoms with Crippen molar-refractivity contribution in [1.82, 2.24) is 0 Å². The molecule has 0 saturated heterocycles. The lowest BCUT2D eigenvalue weighted by atomic mass is 9.94. The second-order valence-electron chi connectivity index (χ2n) is 4.83. The van der Waals surface area contributed by atoms with Crippen LogP contribution in [0.5, 0.6) is 0 Å². The van der Waals surface area contributed by atoms with Crippen LogP contribution in [0.4, 0.5) is 8.78 Å². The van der Waals surface area contributed by atoms with E-state index in [2.05, 4.69) is 0 Å². The molecule has 0 fully saturated rings. The highest BCUT2D eigenvalue weighted by Crippen LogP contribution is 2.32. The summed E-state index contributed by atoms with van der Waals surface area (Å²) in [7, 11) is 0. The van der Waals surface area contributed by atoms with Gasteiger partial charge in [0.15, 0.2) is 11.6 Å². The molecule has 1 unspecified atom stereocenters. The average molecular weight is 304 g/mol. The van der Waals surface area contributed by atoms with Gasteiger partial charge in [-0.2, -0.15) is 0 Å². The van der Waals surface area contributed by atoms with Crippen LogP contribution in [0.2, 0.25) is 5.02 Å². The average Bonchev–Trinajstić information content (AvgIpc) is 2.50. The minimum absolute atomic E-state index is 0.515. The van der Waals surface area contributed by atoms with Gasteiger partial charge in [-0.1, -0.05) is 48.0 Å². The zero-order valence-electron chi connectivity index (χ0n) is 11.0. The van der Waals surface area contributed by atoms with Crippen LogP contribution in [0.1, 0.15) is 17.2 Å². The SMILES string of the molecule is NC(c1ccc(F)c(F)c1)c1ccc(Cl)c2ccccc12. The van der Waals surface area contributed by atoms with Crippen molar-refractivity contribution >= 4 is 22.4 Å². The molecule has 0 aliphatic rings. The summed E-state index contributed by atoms with van der Waals surface area (Å²) >= 11 is 6.18. The van der Waals surface area contributed by atoms with Crippen molar-refractivity contribution < 1.29 is 8.78 Å². The van der Waals surface area contributed by atoms with E-state index in [0.29, 0.717) is 10.6 Å². The van der Waals surface area contributed by atoms with Crippen molar-refractivity contribution in [3.8, 4) is 0 Å². The maximum Gasteiger partial charge on any atom is 0.159 e. The largest absolute Gasteiger partial charge is 0.320 e. The van der Waals surface area contributed by atoms with Crippen LogP contribution in [0.3, 0.4) is 0 Å². The minimum Gasteiger partial charge on any atom is -0.320 e. The number of hydrogen-bond donors (Lipinski definition) is 1. The van der Waals surface area contributed by atoms with E-state index in [1.807, 2.05) is 30.3 Å². The molecule has 21 heavy (non-hydrogen) atoms. The molecule has 0 heterocycles. The van der Waals surface area contributed by atoms with Crippen LogP contribution >= 0.6 is 11.6 Å². The second kappa shape index (κ2) is 5.43. The van der Waals surface area contributed by atoms with E-state index in [0.717, 1.165) is 28.5 Å². The van der Waals surface area contributed by atoms with E-state index < -0.39 is 17.7 Å². The number of nitrogens with two attached hydrogens (primary N) is 1. The van der Waals surface area contributed by atoms with E-state index in [-0.39, 0.29) is 0 Å². The summed E-state index contributed by atoms with van der Waals surface area (Å²) in [6.45, 7) is 0. The van der Waals surface area contributed by atoms with Gasteiger partial charge in [0.2, 0.25) is 0 Å². The molecule has 2 N–H and O–H groups in total. The Morgan fingerprint density at radius 3 is 2.29 bits per heavy atom. The van der Waals surface area contributed by atoms with Gasteiger partial charge >= 0.3 is 0 Å². The molecular formula is C17H12ClF2N. The van der Waals surface area contributed by atoms with Crippen molar-refractivity contribution in [2.24, 2.45) is 5.73 Å². The van der Waals surface area contributed by atoms with Gasteiger partial charge in [-0.05, 0) is 34.7 Å². The molecule has 0 spiro atoms. The topological polar surface area (TPSA) is 26.0 Å². The fraction of sp³-hybridized carbons (Fsp3) is 0.0588. The van der Waals surface area contributed by atoms with Gasteiger partial charge in [-0.15, -0.1) is 0 Å². The van der Waals surface area contributed by atoms with Crippen molar-refractivity contribution in [2.75, 3.05) is 0 Å². The van der Waals surface area contributed by atoms with Crippen LogP contribution in [0.15, 0.2) is 54.6 Å². The summed E-state index contributed by atoms with van der Waals surface area (Å²) in [5.41, 5.74) is 7.55. The van der Waals surface area contributed by atoms with Crippen LogP contribution in [-0.2, 0) is 0 Å². The Labute approximate surface area is 126 Å². The predicted octanol–water partition coefficient (Wildman–Crippen LogP) is 4.82. The van der Waals surface area contributed by atoms with Gasteiger partial charge in [0.1, 0.15) is 0 Å². The number of benzene rings is 3. The van der Waals surface area contributed by atoms with Gasteiger partial charge in [0, 0.05) is 10.4 Å². The van der Waals surface area contributed by atoms with E-state index in [4.69, 9.17) is 17.3 Å². The molecule has 3 rings (SSSR count). The first kappa shape index (κ1) is 14.0. The van der Waals surface area contributed by atoms with Crippen LogP contribution < -0.4 is 5.73 Å². The van der Waals surface area contributed by atoms with Crippen molar-refractivity contribution in [3.05, 3.63) is 82.4 Å². The number of rotatable bonds is 2. The predicted molar refractivity (Wildman–Crippen MR) is 81.3 cm³/mol. The monoisotopic (exact) mass is 303 g/mol. The van der Waals surface area contributed by atoms with Crippen LogP contribution in [-0.4, -0.2) is 0 Å². The summed E-state index contributed by atoms with van der Waals surface area (Å²) < 4.78 is 26.4. The zero-order chi connectivity index (χ0) is 15.0. The fourth-order valence-electron chi connectivity index (χ4n) is 2.44. The summed E-state index contributed by atoms with van der Waals surface area (Å²) in [6.07, 6.45) is 0. The highest BCUT2D eigenvalue weighted by atomic mass is 35.5. The molecule has 0 saturated carbocycles. The van der Waals surface area contributed by atoms with E-state index in [1.165, 1.54) is 6.07 Å². The van der Waals surface area contributed by atoms with Gasteiger partial charge in [0.25, 0.3) is 0 Å². The first-order chi connectivity index (χ1) is 10.1. The number of halogens is 3. The van der Waals surface area contributed by atoms with Crippen LogP contribution in [0.25, 0.3) is 10.8 Å². The van der Waals surface area contributed by atoms with Crippen LogP contribution in [0, 0.1) is 11.6 Å². The first-order valence-corrected chi connectivity index (χ1v) is 6.83. The van der Waals surface area contributed by atoms with Crippen molar-refractivity contribution in [2.45, 2.75) is 6.04 Å². The second-order valence-corrected chi connectivity index (χ2v) is 5.24. The molecule has 1 atom stereocenters. The van der Waals surface area contributed by atoms with E-state index in [1.54, 1.807) is 6.07 Å². The lowest BCUT2D eigenvalue weighted by Gasteiger charge is -2.16. The highest BCUT2D eigenvalue weighted by molar-refractivity contribution is 6.35. The fourth-order valence-corrected chi connectivity index (χ4v) is 2.67. The lowest BCUT2D eigenvalue weighted by molar-refractivity contribution is 0.506. The summed E-state index contributed by atoms with van der Waals surface area (Å²) in [5, 5.41) is 2.42. The Hall–Kier alpha value is -1.97. The van der Waals surface area contributed by atoms with Gasteiger partial charge in [-0.25, -0.2) is 8.78 Å². The molecule has 0 aliphatic carbocycles. The normalized spacial score (nSPS) is 12.6. The first-order valence-electron chi connectivity index (χ1n) is 6.45. The minimum atomic E-state index is -0.902. The molecule has 3 aromatic rings. The third-order valence-corrected chi connectivity index (χ3v) is 3.87. The van der Waals surface area contributed by atoms with E-state index >= 15 is 0 Å². The smallest absolute Gasteiger partial charge is 0.159 e. The Morgan fingerprint density at radius 1 is 0.857 bits per heavy atom. The molecule has 0 aliphatic heterocycles. The maximum atomic E-state index is 13.4. The Balaban J connectivity index is 2.15. The molecule has 0 radical (unpaired) electrons. The maximum absolute atomic E-state index is 13.4. The number of hydrogen-bond acceptors (Lipinski definition) is 1. The van der Waals surface area contributed by atoms with Gasteiger partial charge in [-0.3, -0.25) is 0 Å². The van der Waals surface area contributed by atoms with Crippen molar-refractivity contribution in [1.29, 1.82) is 0 Å². The molecule has 0 bridgehead atoms. The molecular weight excluding hydrogens is 292 g/mol. The van der Waals surface area contributed by atoms with Crippen molar-refractivity contribution in [3.63, 3.8) is 0 Å². The third-order valence-electron chi connectivity index (χ3n) is 3.54. The molecule has 4 heteroatoms. The Morgan fingerprint density at radius 2 is 1.57 bits per heavy atom. The van der Waals surface area contributed by atoms with E-state index in [9.17, 15) is 8.78 Å². The summed E-state index contributed by atoms with van der Waals surface area (Å²) in [4.78, 5) is 0. The Bertz CT molecular complexity index is 817.